The Hall–Kier alpha value is -2.09. The molecule has 1 aromatic heterocycles. The fraction of sp³-hybridized carbons (Fsp3) is 0.706. The van der Waals surface area contributed by atoms with Gasteiger partial charge in [0, 0.05) is 57.5 Å². The Morgan fingerprint density at radius 3 is 2.96 bits per heavy atom. The Balaban J connectivity index is 1.54. The van der Waals surface area contributed by atoms with E-state index in [2.05, 4.69) is 10.5 Å². The molecule has 0 aromatic carbocycles. The Labute approximate surface area is 146 Å². The Morgan fingerprint density at radius 2 is 2.24 bits per heavy atom. The molecule has 3 rings (SSSR count). The lowest BCUT2D eigenvalue weighted by atomic mass is 9.83. The van der Waals surface area contributed by atoms with Gasteiger partial charge in [0.15, 0.2) is 0 Å². The number of hydrogen-bond donors (Lipinski definition) is 2. The van der Waals surface area contributed by atoms with Crippen LogP contribution in [0.25, 0.3) is 0 Å². The molecule has 2 atom stereocenters. The van der Waals surface area contributed by atoms with E-state index in [1.807, 2.05) is 16.8 Å². The van der Waals surface area contributed by atoms with Crippen LogP contribution in [0.5, 0.6) is 0 Å². The first-order chi connectivity index (χ1) is 12.1. The number of carbonyl (C=O) groups is 2. The molecule has 0 saturated carbocycles. The van der Waals surface area contributed by atoms with Crippen molar-refractivity contribution in [3.8, 4) is 0 Å². The van der Waals surface area contributed by atoms with Crippen LogP contribution in [0.1, 0.15) is 31.4 Å². The minimum absolute atomic E-state index is 0.0842. The van der Waals surface area contributed by atoms with Crippen molar-refractivity contribution in [2.75, 3.05) is 33.2 Å². The maximum atomic E-state index is 12.5. The largest absolute Gasteiger partial charge is 0.384 e. The van der Waals surface area contributed by atoms with E-state index in [0.717, 1.165) is 25.9 Å². The van der Waals surface area contributed by atoms with Crippen LogP contribution in [0.4, 0.5) is 0 Å². The van der Waals surface area contributed by atoms with Gasteiger partial charge in [-0.1, -0.05) is 0 Å². The van der Waals surface area contributed by atoms with E-state index >= 15 is 0 Å². The molecule has 0 unspecified atom stereocenters. The van der Waals surface area contributed by atoms with Gasteiger partial charge >= 0.3 is 0 Å². The third kappa shape index (κ3) is 4.12. The molecule has 138 valence electrons. The number of aryl methyl sites for hydroxylation is 1. The van der Waals surface area contributed by atoms with Crippen molar-refractivity contribution in [2.45, 2.75) is 38.1 Å². The highest BCUT2D eigenvalue weighted by atomic mass is 16.5. The number of nitrogens with zero attached hydrogens (tertiary/aromatic N) is 2. The van der Waals surface area contributed by atoms with Gasteiger partial charge in [-0.2, -0.15) is 5.16 Å². The fourth-order valence-electron chi connectivity index (χ4n) is 3.93. The second-order valence-electron chi connectivity index (χ2n) is 6.86. The molecule has 8 heteroatoms. The number of amides is 2. The topological polar surface area (TPSA) is 98.6 Å². The van der Waals surface area contributed by atoms with Gasteiger partial charge in [0.25, 0.3) is 5.56 Å². The van der Waals surface area contributed by atoms with Gasteiger partial charge in [-0.05, 0) is 25.8 Å². The number of rotatable bonds is 6. The highest BCUT2D eigenvalue weighted by Gasteiger charge is 2.39. The highest BCUT2D eigenvalue weighted by Crippen LogP contribution is 2.31. The lowest BCUT2D eigenvalue weighted by Gasteiger charge is -2.47. The first-order valence-corrected chi connectivity index (χ1v) is 8.97. The monoisotopic (exact) mass is 350 g/mol. The number of hydrogen-bond acceptors (Lipinski definition) is 5. The smallest absolute Gasteiger partial charge is 0.280 e. The van der Waals surface area contributed by atoms with Crippen molar-refractivity contribution >= 4 is 11.8 Å². The van der Waals surface area contributed by atoms with Crippen molar-refractivity contribution in [2.24, 2.45) is 5.92 Å². The highest BCUT2D eigenvalue weighted by molar-refractivity contribution is 5.78. The maximum Gasteiger partial charge on any atom is 0.280 e. The molecule has 2 amide bonds. The van der Waals surface area contributed by atoms with Gasteiger partial charge in [0.2, 0.25) is 11.8 Å². The number of likely N-dealkylation sites (tertiary alicyclic amines) is 2. The average molecular weight is 350 g/mol. The van der Waals surface area contributed by atoms with Crippen LogP contribution < -0.4 is 10.9 Å². The molecule has 2 saturated heterocycles. The number of H-pyrrole nitrogens is 1. The number of piperidine rings is 2. The lowest BCUT2D eigenvalue weighted by Crippen LogP contribution is -2.57. The van der Waals surface area contributed by atoms with Crippen LogP contribution in [0, 0.1) is 5.92 Å². The predicted octanol–water partition coefficient (Wildman–Crippen LogP) is -0.0406. The van der Waals surface area contributed by atoms with Crippen LogP contribution in [0.15, 0.2) is 15.4 Å². The van der Waals surface area contributed by atoms with Gasteiger partial charge in [-0.3, -0.25) is 14.4 Å². The van der Waals surface area contributed by atoms with E-state index < -0.39 is 0 Å². The van der Waals surface area contributed by atoms with Crippen LogP contribution >= 0.6 is 0 Å². The normalized spacial score (nSPS) is 23.6. The summed E-state index contributed by atoms with van der Waals surface area (Å²) in [6.45, 7) is 2.92. The van der Waals surface area contributed by atoms with E-state index in [1.165, 1.54) is 6.07 Å². The molecule has 2 aliphatic heterocycles. The SMILES string of the molecule is CNCCN1C(=O)CC[C@H]2CN(C(=O)CCc3cc(=O)[nH]o3)CC[C@H]21. The van der Waals surface area contributed by atoms with E-state index in [9.17, 15) is 14.4 Å². The molecular weight excluding hydrogens is 324 g/mol. The summed E-state index contributed by atoms with van der Waals surface area (Å²) < 4.78 is 4.99. The van der Waals surface area contributed by atoms with Crippen molar-refractivity contribution < 1.29 is 14.1 Å². The van der Waals surface area contributed by atoms with Gasteiger partial charge in [0.1, 0.15) is 5.76 Å². The number of fused-ring (bicyclic) bond motifs is 1. The van der Waals surface area contributed by atoms with E-state index in [-0.39, 0.29) is 23.4 Å². The van der Waals surface area contributed by atoms with Crippen molar-refractivity contribution in [3.05, 3.63) is 22.2 Å². The van der Waals surface area contributed by atoms with Crippen LogP contribution in [0.2, 0.25) is 0 Å². The molecule has 1 aromatic rings. The summed E-state index contributed by atoms with van der Waals surface area (Å²) in [5.74, 6) is 1.19. The number of aromatic amines is 1. The fourth-order valence-corrected chi connectivity index (χ4v) is 3.93. The van der Waals surface area contributed by atoms with E-state index in [0.29, 0.717) is 44.0 Å². The molecule has 0 bridgehead atoms. The second-order valence-corrected chi connectivity index (χ2v) is 6.86. The molecule has 2 fully saturated rings. The van der Waals surface area contributed by atoms with Crippen molar-refractivity contribution in [1.29, 1.82) is 0 Å². The summed E-state index contributed by atoms with van der Waals surface area (Å²) in [5.41, 5.74) is -0.281. The number of carbonyl (C=O) groups excluding carboxylic acids is 2. The quantitative estimate of drug-likeness (QED) is 0.750. The summed E-state index contributed by atoms with van der Waals surface area (Å²) in [6, 6.07) is 1.63. The minimum Gasteiger partial charge on any atom is -0.384 e. The van der Waals surface area contributed by atoms with E-state index in [4.69, 9.17) is 4.52 Å². The maximum absolute atomic E-state index is 12.5. The van der Waals surface area contributed by atoms with Gasteiger partial charge in [-0.15, -0.1) is 0 Å². The summed E-state index contributed by atoms with van der Waals surface area (Å²) in [7, 11) is 1.89. The zero-order valence-electron chi connectivity index (χ0n) is 14.6. The third-order valence-electron chi connectivity index (χ3n) is 5.26. The average Bonchev–Trinajstić information content (AvgIpc) is 3.04. The molecule has 0 aliphatic carbocycles. The number of likely N-dealkylation sites (N-methyl/N-ethyl adjacent to an activating group) is 1. The summed E-state index contributed by atoms with van der Waals surface area (Å²) in [4.78, 5) is 39.6. The van der Waals surface area contributed by atoms with Crippen LogP contribution in [-0.4, -0.2) is 66.0 Å². The summed E-state index contributed by atoms with van der Waals surface area (Å²) in [6.07, 6.45) is 3.03. The Bertz CT molecular complexity index is 668. The molecule has 8 nitrogen and oxygen atoms in total. The van der Waals surface area contributed by atoms with Crippen LogP contribution in [0.3, 0.4) is 0 Å². The second kappa shape index (κ2) is 7.86. The zero-order chi connectivity index (χ0) is 17.8. The minimum atomic E-state index is -0.281. The molecule has 3 heterocycles. The first kappa shape index (κ1) is 17.7. The lowest BCUT2D eigenvalue weighted by molar-refractivity contribution is -0.144. The molecular formula is C17H26N4O4. The molecule has 2 aliphatic rings. The van der Waals surface area contributed by atoms with Gasteiger partial charge in [0.05, 0.1) is 0 Å². The Morgan fingerprint density at radius 1 is 1.40 bits per heavy atom. The molecule has 2 N–H and O–H groups in total. The Kier molecular flexibility index (Phi) is 5.57. The standard InChI is InChI=1S/C17H26N4O4/c1-18-7-9-21-14-6-8-20(11-12(14)2-4-17(21)24)16(23)5-3-13-10-15(22)19-25-13/h10,12,14,18H,2-9,11H2,1H3,(H,19,22)/t12-,14+/m0/s1. The molecule has 0 spiro atoms. The number of aromatic nitrogens is 1. The van der Waals surface area contributed by atoms with Crippen LogP contribution in [-0.2, 0) is 16.0 Å². The van der Waals surface area contributed by atoms with Gasteiger partial charge in [-0.25, -0.2) is 0 Å². The summed E-state index contributed by atoms with van der Waals surface area (Å²) >= 11 is 0. The third-order valence-corrected chi connectivity index (χ3v) is 5.26. The summed E-state index contributed by atoms with van der Waals surface area (Å²) in [5, 5.41) is 5.34. The van der Waals surface area contributed by atoms with Gasteiger partial charge < -0.3 is 19.6 Å². The van der Waals surface area contributed by atoms with Crippen molar-refractivity contribution in [3.63, 3.8) is 0 Å². The number of nitrogens with one attached hydrogen (secondary N) is 2. The van der Waals surface area contributed by atoms with Crippen molar-refractivity contribution in [1.82, 2.24) is 20.3 Å². The van der Waals surface area contributed by atoms with E-state index in [1.54, 1.807) is 0 Å². The molecule has 25 heavy (non-hydrogen) atoms. The zero-order valence-corrected chi connectivity index (χ0v) is 14.6. The molecule has 0 radical (unpaired) electrons. The first-order valence-electron chi connectivity index (χ1n) is 8.97. The predicted molar refractivity (Wildman–Crippen MR) is 91.0 cm³/mol.